The summed E-state index contributed by atoms with van der Waals surface area (Å²) in [5, 5.41) is 54.0. The van der Waals surface area contributed by atoms with Crippen LogP contribution in [0.4, 0.5) is 10.1 Å². The molecular weight excluding hydrogens is 447 g/mol. The first kappa shape index (κ1) is 22.4. The first-order valence-electron chi connectivity index (χ1n) is 9.57. The molecule has 1 amide bonds. The summed E-state index contributed by atoms with van der Waals surface area (Å²) >= 11 is 0. The molecule has 0 bridgehead atoms. The number of amides is 1. The van der Waals surface area contributed by atoms with Gasteiger partial charge in [-0.1, -0.05) is 0 Å². The highest BCUT2D eigenvalue weighted by Gasteiger charge is 2.64. The molecule has 1 aromatic rings. The fraction of sp³-hybridized carbons (Fsp3) is 0.350. The normalized spacial score (nSPS) is 28.9. The maximum atomic E-state index is 14.7. The lowest BCUT2D eigenvalue weighted by Gasteiger charge is -2.48. The molecule has 0 unspecified atom stereocenters. The third-order valence-electron chi connectivity index (χ3n) is 6.51. The zero-order valence-electron chi connectivity index (χ0n) is 16.9. The van der Waals surface area contributed by atoms with Crippen LogP contribution in [-0.2, 0) is 25.5 Å². The van der Waals surface area contributed by atoms with Gasteiger partial charge in [0, 0.05) is 24.2 Å². The van der Waals surface area contributed by atoms with Gasteiger partial charge in [-0.3, -0.25) is 24.5 Å². The van der Waals surface area contributed by atoms with Gasteiger partial charge in [-0.15, -0.1) is 0 Å². The summed E-state index contributed by atoms with van der Waals surface area (Å²) in [7, 11) is 1.07. The van der Waals surface area contributed by atoms with E-state index in [2.05, 4.69) is 0 Å². The van der Waals surface area contributed by atoms with Gasteiger partial charge in [0.2, 0.25) is 17.3 Å². The Balaban J connectivity index is 2.00. The number of benzene rings is 1. The molecule has 12 nitrogen and oxygen atoms in total. The fourth-order valence-electron chi connectivity index (χ4n) is 5.05. The molecule has 4 rings (SSSR count). The van der Waals surface area contributed by atoms with Crippen LogP contribution in [0.3, 0.4) is 0 Å². The summed E-state index contributed by atoms with van der Waals surface area (Å²) in [6.07, 6.45) is -2.20. The SMILES string of the molecule is CO[C@@H]1C(=O)C(C(N)=O)=C(O)[C@@]2(O)C(=O)C3=C(O)c4c(O)c([N+](=O)[O-])cc(F)c4C[C@H]3C[C@@H]12. The van der Waals surface area contributed by atoms with Crippen molar-refractivity contribution in [1.29, 1.82) is 0 Å². The van der Waals surface area contributed by atoms with Gasteiger partial charge >= 0.3 is 5.69 Å². The van der Waals surface area contributed by atoms with E-state index in [0.717, 1.165) is 7.11 Å². The molecule has 3 aliphatic carbocycles. The molecule has 3 aliphatic rings. The molecule has 4 atom stereocenters. The molecule has 0 heterocycles. The second-order valence-electron chi connectivity index (χ2n) is 8.05. The molecule has 0 aliphatic heterocycles. The number of aliphatic hydroxyl groups is 3. The Morgan fingerprint density at radius 1 is 1.33 bits per heavy atom. The maximum absolute atomic E-state index is 14.7. The van der Waals surface area contributed by atoms with Crippen molar-refractivity contribution in [2.45, 2.75) is 24.5 Å². The van der Waals surface area contributed by atoms with Crippen LogP contribution in [0.5, 0.6) is 5.75 Å². The number of phenols is 1. The summed E-state index contributed by atoms with van der Waals surface area (Å²) in [4.78, 5) is 47.9. The molecule has 1 saturated carbocycles. The van der Waals surface area contributed by atoms with E-state index in [1.165, 1.54) is 0 Å². The van der Waals surface area contributed by atoms with E-state index < -0.39 is 91.4 Å². The number of rotatable bonds is 3. The topological polar surface area (TPSA) is 211 Å². The second-order valence-corrected chi connectivity index (χ2v) is 8.05. The predicted molar refractivity (Wildman–Crippen MR) is 104 cm³/mol. The van der Waals surface area contributed by atoms with Gasteiger partial charge in [0.25, 0.3) is 5.91 Å². The van der Waals surface area contributed by atoms with E-state index in [1.54, 1.807) is 0 Å². The molecule has 1 fully saturated rings. The highest BCUT2D eigenvalue weighted by molar-refractivity contribution is 6.24. The van der Waals surface area contributed by atoms with Gasteiger partial charge in [0.15, 0.2) is 5.60 Å². The van der Waals surface area contributed by atoms with E-state index >= 15 is 0 Å². The standard InChI is InChI=1S/C20H17FN2O10/c1-33-16-7-3-5-2-6-8(21)4-9(23(31)32)13(24)11(6)14(25)10(5)17(27)20(7,30)18(28)12(15(16)26)19(22)29/h4-5,7,16,24-25,28,30H,2-3H2,1H3,(H2,22,29)/t5-,7-,16-,20-/m0/s1. The summed E-state index contributed by atoms with van der Waals surface area (Å²) in [5.74, 6) is -10.8. The number of aliphatic hydroxyl groups excluding tert-OH is 2. The van der Waals surface area contributed by atoms with Crippen LogP contribution in [0.25, 0.3) is 5.76 Å². The number of carbonyl (C=O) groups excluding carboxylic acids is 3. The van der Waals surface area contributed by atoms with Crippen LogP contribution >= 0.6 is 0 Å². The molecule has 0 radical (unpaired) electrons. The highest BCUT2D eigenvalue weighted by atomic mass is 19.1. The van der Waals surface area contributed by atoms with Crippen LogP contribution < -0.4 is 5.73 Å². The molecule has 6 N–H and O–H groups in total. The smallest absolute Gasteiger partial charge is 0.314 e. The van der Waals surface area contributed by atoms with E-state index in [4.69, 9.17) is 10.5 Å². The van der Waals surface area contributed by atoms with Crippen molar-refractivity contribution in [1.82, 2.24) is 0 Å². The largest absolute Gasteiger partial charge is 0.508 e. The molecule has 33 heavy (non-hydrogen) atoms. The number of hydrogen-bond donors (Lipinski definition) is 5. The molecule has 174 valence electrons. The molecule has 0 saturated heterocycles. The zero-order valence-corrected chi connectivity index (χ0v) is 16.9. The Labute approximate surface area is 183 Å². The van der Waals surface area contributed by atoms with Crippen LogP contribution in [0.1, 0.15) is 17.5 Å². The number of nitro groups is 1. The lowest BCUT2D eigenvalue weighted by Crippen LogP contribution is -2.63. The molecular formula is C20H17FN2O10. The van der Waals surface area contributed by atoms with Gasteiger partial charge in [-0.2, -0.15) is 0 Å². The van der Waals surface area contributed by atoms with Crippen LogP contribution in [0.2, 0.25) is 0 Å². The molecule has 0 aromatic heterocycles. The maximum Gasteiger partial charge on any atom is 0.314 e. The van der Waals surface area contributed by atoms with Crippen molar-refractivity contribution in [2.24, 2.45) is 17.6 Å². The van der Waals surface area contributed by atoms with Crippen molar-refractivity contribution in [3.8, 4) is 5.75 Å². The number of hydrogen-bond acceptors (Lipinski definition) is 10. The number of nitro benzene ring substituents is 1. The number of Topliss-reactive ketones (excluding diaryl/α,β-unsaturated/α-hetero) is 2. The van der Waals surface area contributed by atoms with Gasteiger partial charge in [-0.05, 0) is 18.8 Å². The minimum atomic E-state index is -2.91. The zero-order chi connectivity index (χ0) is 24.6. The number of nitrogens with two attached hydrogens (primary N) is 1. The van der Waals surface area contributed by atoms with E-state index in [-0.39, 0.29) is 18.4 Å². The Morgan fingerprint density at radius 3 is 2.52 bits per heavy atom. The lowest BCUT2D eigenvalue weighted by molar-refractivity contribution is -0.386. The van der Waals surface area contributed by atoms with Crippen molar-refractivity contribution in [2.75, 3.05) is 7.11 Å². The van der Waals surface area contributed by atoms with Crippen LogP contribution in [-0.4, -0.2) is 61.6 Å². The Morgan fingerprint density at radius 2 is 1.97 bits per heavy atom. The van der Waals surface area contributed by atoms with E-state index in [0.29, 0.717) is 6.07 Å². The first-order valence-corrected chi connectivity index (χ1v) is 9.57. The van der Waals surface area contributed by atoms with Gasteiger partial charge in [-0.25, -0.2) is 4.39 Å². The van der Waals surface area contributed by atoms with Gasteiger partial charge < -0.3 is 30.9 Å². The first-order chi connectivity index (χ1) is 15.4. The van der Waals surface area contributed by atoms with Crippen LogP contribution in [0, 0.1) is 27.8 Å². The van der Waals surface area contributed by atoms with E-state index in [9.17, 15) is 49.3 Å². The van der Waals surface area contributed by atoms with Gasteiger partial charge in [0.1, 0.15) is 29.0 Å². The van der Waals surface area contributed by atoms with E-state index in [1.807, 2.05) is 0 Å². The number of methoxy groups -OCH3 is 1. The highest BCUT2D eigenvalue weighted by Crippen LogP contribution is 2.53. The average Bonchev–Trinajstić information content (AvgIpc) is 2.73. The number of fused-ring (bicyclic) bond motifs is 3. The summed E-state index contributed by atoms with van der Waals surface area (Å²) in [6.45, 7) is 0. The third-order valence-corrected chi connectivity index (χ3v) is 6.51. The predicted octanol–water partition coefficient (Wildman–Crippen LogP) is 0.0961. The van der Waals surface area contributed by atoms with Crippen molar-refractivity contribution in [3.63, 3.8) is 0 Å². The Bertz CT molecular complexity index is 1240. The summed E-state index contributed by atoms with van der Waals surface area (Å²) in [5.41, 5.74) is -1.44. The number of aromatic hydroxyl groups is 1. The number of ketones is 2. The second kappa shape index (κ2) is 7.08. The Kier molecular flexibility index (Phi) is 4.80. The number of carbonyl (C=O) groups is 3. The van der Waals surface area contributed by atoms with Crippen molar-refractivity contribution >= 4 is 28.9 Å². The number of primary amides is 1. The van der Waals surface area contributed by atoms with Crippen molar-refractivity contribution in [3.05, 3.63) is 50.0 Å². The summed E-state index contributed by atoms with van der Waals surface area (Å²) in [6, 6.07) is 0.475. The average molecular weight is 464 g/mol. The Hall–Kier alpha value is -3.84. The van der Waals surface area contributed by atoms with Crippen molar-refractivity contribution < 1.29 is 48.9 Å². The third kappa shape index (κ3) is 2.72. The number of phenolic OH excluding ortho intramolecular Hbond substituents is 1. The van der Waals surface area contributed by atoms with Crippen LogP contribution in [0.15, 0.2) is 23.0 Å². The number of ether oxygens (including phenoxy) is 1. The minimum Gasteiger partial charge on any atom is -0.508 e. The lowest BCUT2D eigenvalue weighted by atomic mass is 9.58. The number of halogens is 1. The monoisotopic (exact) mass is 464 g/mol. The van der Waals surface area contributed by atoms with Gasteiger partial charge in [0.05, 0.1) is 16.6 Å². The quantitative estimate of drug-likeness (QED) is 0.231. The number of nitrogens with zero attached hydrogens (tertiary/aromatic N) is 1. The summed E-state index contributed by atoms with van der Waals surface area (Å²) < 4.78 is 19.7. The molecule has 13 heteroatoms. The molecule has 0 spiro atoms. The molecule has 1 aromatic carbocycles. The minimum absolute atomic E-state index is 0.293. The fourth-order valence-corrected chi connectivity index (χ4v) is 5.05.